The molecule has 0 radical (unpaired) electrons. The average Bonchev–Trinajstić information content (AvgIpc) is 2.96. The molecule has 1 aliphatic heterocycles. The first kappa shape index (κ1) is 17.3. The molecule has 0 aliphatic carbocycles. The number of hydrogen-bond acceptors (Lipinski definition) is 7. The molecule has 1 N–H and O–H groups in total. The molecule has 1 aromatic carbocycles. The lowest BCUT2D eigenvalue weighted by Gasteiger charge is -2.30. The summed E-state index contributed by atoms with van der Waals surface area (Å²) in [6.45, 7) is 4.23. The number of aryl methyl sites for hydroxylation is 1. The zero-order valence-electron chi connectivity index (χ0n) is 12.9. The van der Waals surface area contributed by atoms with E-state index >= 15 is 0 Å². The Morgan fingerprint density at radius 2 is 2.26 bits per heavy atom. The number of halogens is 1. The zero-order valence-corrected chi connectivity index (χ0v) is 13.7. The summed E-state index contributed by atoms with van der Waals surface area (Å²) in [7, 11) is 2.00. The average molecular weight is 340 g/mol. The van der Waals surface area contributed by atoms with E-state index < -0.39 is 4.92 Å². The van der Waals surface area contributed by atoms with Crippen molar-refractivity contribution in [3.63, 3.8) is 0 Å². The smallest absolute Gasteiger partial charge is 0.285 e. The highest BCUT2D eigenvalue weighted by Crippen LogP contribution is 2.32. The maximum atomic E-state index is 11.3. The molecule has 1 atom stereocenters. The summed E-state index contributed by atoms with van der Waals surface area (Å²) in [6.07, 6.45) is 0. The number of aromatic nitrogens is 2. The van der Waals surface area contributed by atoms with Gasteiger partial charge in [-0.15, -0.1) is 12.4 Å². The van der Waals surface area contributed by atoms with Crippen molar-refractivity contribution in [2.45, 2.75) is 13.0 Å². The van der Waals surface area contributed by atoms with E-state index in [1.165, 1.54) is 0 Å². The van der Waals surface area contributed by atoms with Gasteiger partial charge >= 0.3 is 0 Å². The fourth-order valence-electron chi connectivity index (χ4n) is 2.65. The fourth-order valence-corrected chi connectivity index (χ4v) is 2.65. The highest BCUT2D eigenvalue weighted by atomic mass is 35.5. The Morgan fingerprint density at radius 3 is 2.96 bits per heavy atom. The van der Waals surface area contributed by atoms with Crippen LogP contribution in [0.5, 0.6) is 0 Å². The third-order valence-electron chi connectivity index (χ3n) is 3.90. The Morgan fingerprint density at radius 1 is 1.48 bits per heavy atom. The summed E-state index contributed by atoms with van der Waals surface area (Å²) in [5.74, 6) is 0.727. The topological polar surface area (TPSA) is 97.3 Å². The van der Waals surface area contributed by atoms with Gasteiger partial charge in [-0.05, 0) is 20.0 Å². The van der Waals surface area contributed by atoms with Crippen molar-refractivity contribution in [2.75, 3.05) is 26.7 Å². The van der Waals surface area contributed by atoms with Gasteiger partial charge in [0.05, 0.1) is 11.0 Å². The van der Waals surface area contributed by atoms with Crippen molar-refractivity contribution in [1.82, 2.24) is 20.4 Å². The SMILES string of the molecule is Cc1cccc(-c2nc(C3CNCCN3C)no2)c1[N+](=O)[O-].Cl. The molecule has 8 nitrogen and oxygen atoms in total. The van der Waals surface area contributed by atoms with Crippen LogP contribution in [0.2, 0.25) is 0 Å². The van der Waals surface area contributed by atoms with Crippen molar-refractivity contribution < 1.29 is 9.45 Å². The largest absolute Gasteiger partial charge is 0.334 e. The van der Waals surface area contributed by atoms with E-state index in [0.29, 0.717) is 17.0 Å². The first-order valence-electron chi connectivity index (χ1n) is 7.07. The quantitative estimate of drug-likeness (QED) is 0.674. The van der Waals surface area contributed by atoms with Crippen molar-refractivity contribution in [2.24, 2.45) is 0 Å². The van der Waals surface area contributed by atoms with E-state index in [1.807, 2.05) is 7.05 Å². The summed E-state index contributed by atoms with van der Waals surface area (Å²) < 4.78 is 5.28. The summed E-state index contributed by atoms with van der Waals surface area (Å²) in [4.78, 5) is 17.4. The maximum absolute atomic E-state index is 11.3. The number of rotatable bonds is 3. The summed E-state index contributed by atoms with van der Waals surface area (Å²) >= 11 is 0. The number of para-hydroxylation sites is 1. The minimum absolute atomic E-state index is 0. The Bertz CT molecular complexity index is 705. The fraction of sp³-hybridized carbons (Fsp3) is 0.429. The molecule has 0 saturated carbocycles. The number of piperazine rings is 1. The zero-order chi connectivity index (χ0) is 15.7. The molecule has 0 bridgehead atoms. The Labute approximate surface area is 139 Å². The Hall–Kier alpha value is -2.03. The van der Waals surface area contributed by atoms with Crippen LogP contribution in [0.3, 0.4) is 0 Å². The molecule has 0 amide bonds. The number of nitro benzene ring substituents is 1. The standard InChI is InChI=1S/C14H17N5O3.ClH/c1-9-4-3-5-10(12(9)19(20)21)14-16-13(17-22-14)11-8-15-6-7-18(11)2;/h3-5,11,15H,6-8H2,1-2H3;1H. The van der Waals surface area contributed by atoms with Gasteiger partial charge in [-0.1, -0.05) is 17.3 Å². The van der Waals surface area contributed by atoms with Crippen LogP contribution in [0.1, 0.15) is 17.4 Å². The van der Waals surface area contributed by atoms with Crippen molar-refractivity contribution in [1.29, 1.82) is 0 Å². The van der Waals surface area contributed by atoms with E-state index in [0.717, 1.165) is 19.6 Å². The summed E-state index contributed by atoms with van der Waals surface area (Å²) in [5.41, 5.74) is 0.932. The molecular weight excluding hydrogens is 322 g/mol. The molecule has 9 heteroatoms. The second kappa shape index (κ2) is 7.03. The molecular formula is C14H18ClN5O3. The van der Waals surface area contributed by atoms with Gasteiger partial charge in [0.1, 0.15) is 5.56 Å². The van der Waals surface area contributed by atoms with E-state index in [4.69, 9.17) is 4.52 Å². The second-order valence-corrected chi connectivity index (χ2v) is 5.39. The molecule has 1 unspecified atom stereocenters. The Balaban J connectivity index is 0.00000192. The van der Waals surface area contributed by atoms with Crippen LogP contribution in [-0.2, 0) is 0 Å². The minimum atomic E-state index is -0.414. The van der Waals surface area contributed by atoms with Gasteiger partial charge in [0.25, 0.3) is 11.6 Å². The second-order valence-electron chi connectivity index (χ2n) is 5.39. The van der Waals surface area contributed by atoms with Crippen molar-refractivity contribution in [3.8, 4) is 11.5 Å². The molecule has 0 spiro atoms. The summed E-state index contributed by atoms with van der Waals surface area (Å²) in [5, 5.41) is 18.6. The first-order valence-corrected chi connectivity index (χ1v) is 7.07. The highest BCUT2D eigenvalue weighted by Gasteiger charge is 2.28. The van der Waals surface area contributed by atoms with E-state index in [2.05, 4.69) is 20.4 Å². The molecule has 1 aliphatic rings. The molecule has 1 saturated heterocycles. The lowest BCUT2D eigenvalue weighted by molar-refractivity contribution is -0.384. The van der Waals surface area contributed by atoms with Crippen LogP contribution < -0.4 is 5.32 Å². The van der Waals surface area contributed by atoms with Gasteiger partial charge in [-0.2, -0.15) is 4.98 Å². The molecule has 2 aromatic rings. The van der Waals surface area contributed by atoms with Gasteiger partial charge in [-0.3, -0.25) is 15.0 Å². The number of likely N-dealkylation sites (N-methyl/N-ethyl adjacent to an activating group) is 1. The summed E-state index contributed by atoms with van der Waals surface area (Å²) in [6, 6.07) is 5.08. The minimum Gasteiger partial charge on any atom is -0.334 e. The normalized spacial score (nSPS) is 18.4. The van der Waals surface area contributed by atoms with Gasteiger partial charge < -0.3 is 9.84 Å². The third kappa shape index (κ3) is 3.34. The molecule has 23 heavy (non-hydrogen) atoms. The van der Waals surface area contributed by atoms with Crippen LogP contribution in [0, 0.1) is 17.0 Å². The molecule has 124 valence electrons. The highest BCUT2D eigenvalue weighted by molar-refractivity contribution is 5.85. The van der Waals surface area contributed by atoms with Gasteiger partial charge in [-0.25, -0.2) is 0 Å². The lowest BCUT2D eigenvalue weighted by Crippen LogP contribution is -2.44. The maximum Gasteiger partial charge on any atom is 0.285 e. The third-order valence-corrected chi connectivity index (χ3v) is 3.90. The van der Waals surface area contributed by atoms with Crippen LogP contribution in [0.4, 0.5) is 5.69 Å². The molecule has 1 aromatic heterocycles. The Kier molecular flexibility index (Phi) is 5.30. The number of nitrogens with one attached hydrogen (secondary N) is 1. The van der Waals surface area contributed by atoms with Gasteiger partial charge in [0, 0.05) is 25.2 Å². The van der Waals surface area contributed by atoms with Crippen LogP contribution in [-0.4, -0.2) is 46.6 Å². The van der Waals surface area contributed by atoms with Gasteiger partial charge in [0.2, 0.25) is 0 Å². The van der Waals surface area contributed by atoms with Crippen LogP contribution in [0.25, 0.3) is 11.5 Å². The number of benzene rings is 1. The monoisotopic (exact) mass is 339 g/mol. The predicted molar refractivity (Wildman–Crippen MR) is 86.6 cm³/mol. The predicted octanol–water partition coefficient (Wildman–Crippen LogP) is 1.95. The van der Waals surface area contributed by atoms with E-state index in [1.54, 1.807) is 25.1 Å². The number of nitrogens with zero attached hydrogens (tertiary/aromatic N) is 4. The molecule has 3 rings (SSSR count). The van der Waals surface area contributed by atoms with Crippen molar-refractivity contribution >= 4 is 18.1 Å². The lowest BCUT2D eigenvalue weighted by atomic mass is 10.1. The van der Waals surface area contributed by atoms with Gasteiger partial charge in [0.15, 0.2) is 5.82 Å². The first-order chi connectivity index (χ1) is 10.6. The molecule has 2 heterocycles. The number of nitro groups is 1. The van der Waals surface area contributed by atoms with Crippen molar-refractivity contribution in [3.05, 3.63) is 39.7 Å². The van der Waals surface area contributed by atoms with Crippen LogP contribution >= 0.6 is 12.4 Å². The van der Waals surface area contributed by atoms with E-state index in [-0.39, 0.29) is 30.0 Å². The van der Waals surface area contributed by atoms with Crippen LogP contribution in [0.15, 0.2) is 22.7 Å². The number of hydrogen-bond donors (Lipinski definition) is 1. The molecule has 1 fully saturated rings. The van der Waals surface area contributed by atoms with E-state index in [9.17, 15) is 10.1 Å².